The van der Waals surface area contributed by atoms with Gasteiger partial charge >= 0.3 is 17.9 Å². The Morgan fingerprint density at radius 3 is 1.51 bits per heavy atom. The molecule has 1 N–H and O–H groups in total. The number of ether oxygens (including phenoxy) is 3. The fourth-order valence-electron chi connectivity index (χ4n) is 6.65. The van der Waals surface area contributed by atoms with Crippen LogP contribution in [0.1, 0.15) is 181 Å². The number of carbonyl (C=O) groups excluding carboxylic acids is 2. The molecular weight excluding hydrogens is 763 g/mol. The lowest BCUT2D eigenvalue weighted by molar-refractivity contribution is -0.887. The van der Waals surface area contributed by atoms with Crippen LogP contribution in [0.15, 0.2) is 85.1 Å². The van der Waals surface area contributed by atoms with E-state index in [2.05, 4.69) is 98.9 Å². The summed E-state index contributed by atoms with van der Waals surface area (Å²) in [5.74, 6) is -1.51. The largest absolute Gasteiger partial charge is 0.477 e. The van der Waals surface area contributed by atoms with Gasteiger partial charge in [0.2, 0.25) is 0 Å². The molecule has 0 aliphatic heterocycles. The molecule has 0 aromatic heterocycles. The number of esters is 2. The zero-order valence-corrected chi connectivity index (χ0v) is 39.6. The summed E-state index contributed by atoms with van der Waals surface area (Å²) in [5, 5.41) is 9.64. The first-order chi connectivity index (χ1) is 29.6. The second kappa shape index (κ2) is 43.2. The van der Waals surface area contributed by atoms with E-state index in [4.69, 9.17) is 14.2 Å². The molecule has 0 spiro atoms. The zero-order valence-electron chi connectivity index (χ0n) is 39.6. The smallest absolute Gasteiger partial charge is 0.362 e. The van der Waals surface area contributed by atoms with Crippen molar-refractivity contribution in [2.24, 2.45) is 0 Å². The van der Waals surface area contributed by atoms with Crippen LogP contribution in [0.3, 0.4) is 0 Å². The number of hydrogen-bond acceptors (Lipinski definition) is 6. The number of unbranched alkanes of at least 4 members (excludes halogenated alkanes) is 17. The molecule has 0 saturated carbocycles. The van der Waals surface area contributed by atoms with Crippen molar-refractivity contribution >= 4 is 17.9 Å². The highest BCUT2D eigenvalue weighted by atomic mass is 16.6. The van der Waals surface area contributed by atoms with Gasteiger partial charge in [-0.05, 0) is 70.6 Å². The Kier molecular flexibility index (Phi) is 40.7. The number of carboxylic acids is 1. The van der Waals surface area contributed by atoms with Gasteiger partial charge in [0, 0.05) is 19.3 Å². The Bertz CT molecular complexity index is 1270. The van der Waals surface area contributed by atoms with Gasteiger partial charge < -0.3 is 23.8 Å². The average Bonchev–Trinajstić information content (AvgIpc) is 3.22. The van der Waals surface area contributed by atoms with E-state index < -0.39 is 18.1 Å². The molecule has 0 fully saturated rings. The third kappa shape index (κ3) is 41.6. The molecule has 61 heavy (non-hydrogen) atoms. The maximum Gasteiger partial charge on any atom is 0.362 e. The summed E-state index contributed by atoms with van der Waals surface area (Å²) in [7, 11) is 5.51. The number of carbonyl (C=O) groups is 3. The molecule has 0 aliphatic carbocycles. The number of carboxylic acid groups (broad SMARTS) is 1. The van der Waals surface area contributed by atoms with Crippen LogP contribution >= 0.6 is 0 Å². The van der Waals surface area contributed by atoms with Crippen molar-refractivity contribution in [1.29, 1.82) is 0 Å². The molecule has 0 aromatic carbocycles. The number of likely N-dealkylation sites (N-methyl/N-ethyl adjacent to an activating group) is 1. The predicted octanol–water partition coefficient (Wildman–Crippen LogP) is 13.7. The molecule has 348 valence electrons. The molecule has 0 heterocycles. The molecular formula is C53H90NO7+. The van der Waals surface area contributed by atoms with E-state index in [0.29, 0.717) is 19.3 Å². The summed E-state index contributed by atoms with van der Waals surface area (Å²) in [4.78, 5) is 37.1. The van der Waals surface area contributed by atoms with Crippen molar-refractivity contribution < 1.29 is 38.2 Å². The van der Waals surface area contributed by atoms with Crippen LogP contribution in [-0.4, -0.2) is 80.6 Å². The quantitative estimate of drug-likeness (QED) is 0.0215. The normalized spacial score (nSPS) is 13.7. The second-order valence-electron chi connectivity index (χ2n) is 17.1. The van der Waals surface area contributed by atoms with E-state index in [1.807, 2.05) is 21.1 Å². The fraction of sp³-hybridized carbons (Fsp3) is 0.679. The molecule has 0 radical (unpaired) electrons. The lowest BCUT2D eigenvalue weighted by atomic mass is 10.1. The van der Waals surface area contributed by atoms with Crippen LogP contribution in [-0.2, 0) is 28.6 Å². The Labute approximate surface area is 373 Å². The number of aliphatic carboxylic acids is 1. The van der Waals surface area contributed by atoms with Crippen molar-refractivity contribution in [2.45, 2.75) is 193 Å². The zero-order chi connectivity index (χ0) is 44.9. The maximum atomic E-state index is 12.8. The van der Waals surface area contributed by atoms with Gasteiger partial charge in [-0.15, -0.1) is 0 Å². The molecule has 2 atom stereocenters. The summed E-state index contributed by atoms with van der Waals surface area (Å²) in [5.41, 5.74) is 0. The van der Waals surface area contributed by atoms with Gasteiger partial charge in [0.05, 0.1) is 34.4 Å². The molecule has 0 bridgehead atoms. The molecule has 0 aliphatic rings. The summed E-state index contributed by atoms with van der Waals surface area (Å²) < 4.78 is 17.3. The number of quaternary nitrogens is 1. The molecule has 8 heteroatoms. The molecule has 8 nitrogen and oxygen atoms in total. The minimum Gasteiger partial charge on any atom is -0.477 e. The van der Waals surface area contributed by atoms with Crippen LogP contribution in [0.2, 0.25) is 0 Å². The van der Waals surface area contributed by atoms with Gasteiger partial charge in [0.1, 0.15) is 6.61 Å². The first kappa shape index (κ1) is 57.5. The SMILES string of the molecule is CC/C=C/C/C=C/C/C=C/CCCCCCCCCCCC(=O)OC(COCCC(C(=O)O)[N+](C)(C)C)COC(=O)CCCCCCC/C=C/C=C/C=C/C=C/CCCCC. The van der Waals surface area contributed by atoms with Crippen molar-refractivity contribution in [3.05, 3.63) is 85.1 Å². The first-order valence-corrected chi connectivity index (χ1v) is 24.2. The van der Waals surface area contributed by atoms with E-state index >= 15 is 0 Å². The van der Waals surface area contributed by atoms with Crippen molar-refractivity contribution in [3.8, 4) is 0 Å². The van der Waals surface area contributed by atoms with Gasteiger partial charge in [-0.1, -0.05) is 176 Å². The van der Waals surface area contributed by atoms with E-state index in [9.17, 15) is 19.5 Å². The van der Waals surface area contributed by atoms with Gasteiger partial charge in [0.15, 0.2) is 12.1 Å². The summed E-state index contributed by atoms with van der Waals surface area (Å²) in [6, 6.07) is -0.624. The topological polar surface area (TPSA) is 99.1 Å². The standard InChI is InChI=1S/C53H89NO7/c1-6-8-10-12-14-16-18-20-22-24-26-28-30-32-34-36-38-40-42-44-52(56)61-49(47-59-46-45-50(53(57)58)54(3,4)5)48-60-51(55)43-41-39-37-35-33-31-29-27-25-23-21-19-17-15-13-11-9-7-2/h8,10,14-17,19-23,25,27,29,49-50H,6-7,9,11-13,18,24,26,28,30-48H2,1-5H3/p+1/b10-8+,16-14+,17-15+,21-19+,22-20+,25-23+,29-27+. The minimum absolute atomic E-state index is 0.0464. The Hall–Kier alpha value is -3.49. The average molecular weight is 853 g/mol. The minimum atomic E-state index is -0.882. The third-order valence-electron chi connectivity index (χ3n) is 10.4. The second-order valence-corrected chi connectivity index (χ2v) is 17.1. The Balaban J connectivity index is 4.36. The van der Waals surface area contributed by atoms with Gasteiger partial charge in [-0.3, -0.25) is 9.59 Å². The molecule has 0 saturated heterocycles. The van der Waals surface area contributed by atoms with Gasteiger partial charge in [0.25, 0.3) is 0 Å². The van der Waals surface area contributed by atoms with Crippen LogP contribution in [0.5, 0.6) is 0 Å². The number of rotatable bonds is 42. The summed E-state index contributed by atoms with van der Waals surface area (Å²) >= 11 is 0. The van der Waals surface area contributed by atoms with E-state index in [1.54, 1.807) is 0 Å². The van der Waals surface area contributed by atoms with Crippen LogP contribution in [0, 0.1) is 0 Å². The molecule has 2 unspecified atom stereocenters. The van der Waals surface area contributed by atoms with Crippen LogP contribution < -0.4 is 0 Å². The lowest BCUT2D eigenvalue weighted by Gasteiger charge is -2.31. The van der Waals surface area contributed by atoms with Crippen molar-refractivity contribution in [2.75, 3.05) is 41.0 Å². The Morgan fingerprint density at radius 2 is 0.984 bits per heavy atom. The summed E-state index contributed by atoms with van der Waals surface area (Å²) in [6.07, 6.45) is 56.2. The molecule has 0 amide bonds. The Morgan fingerprint density at radius 1 is 0.525 bits per heavy atom. The third-order valence-corrected chi connectivity index (χ3v) is 10.4. The van der Waals surface area contributed by atoms with Crippen molar-refractivity contribution in [3.63, 3.8) is 0 Å². The van der Waals surface area contributed by atoms with Gasteiger partial charge in [-0.2, -0.15) is 0 Å². The van der Waals surface area contributed by atoms with Crippen molar-refractivity contribution in [1.82, 2.24) is 0 Å². The number of allylic oxidation sites excluding steroid dienone is 14. The highest BCUT2D eigenvalue weighted by molar-refractivity contribution is 5.72. The number of hydrogen-bond donors (Lipinski definition) is 1. The maximum absolute atomic E-state index is 12.8. The highest BCUT2D eigenvalue weighted by Crippen LogP contribution is 2.14. The van der Waals surface area contributed by atoms with E-state index in [1.165, 1.54) is 57.8 Å². The monoisotopic (exact) mass is 853 g/mol. The fourth-order valence-corrected chi connectivity index (χ4v) is 6.65. The van der Waals surface area contributed by atoms with E-state index in [0.717, 1.165) is 89.9 Å². The number of nitrogens with zero attached hydrogens (tertiary/aromatic N) is 1. The highest BCUT2D eigenvalue weighted by Gasteiger charge is 2.31. The van der Waals surface area contributed by atoms with Gasteiger partial charge in [-0.25, -0.2) is 4.79 Å². The van der Waals surface area contributed by atoms with Crippen LogP contribution in [0.25, 0.3) is 0 Å². The summed E-state index contributed by atoms with van der Waals surface area (Å²) in [6.45, 7) is 4.55. The lowest BCUT2D eigenvalue weighted by Crippen LogP contribution is -2.50. The van der Waals surface area contributed by atoms with Crippen LogP contribution in [0.4, 0.5) is 0 Å². The van der Waals surface area contributed by atoms with E-state index in [-0.39, 0.29) is 36.2 Å². The predicted molar refractivity (Wildman–Crippen MR) is 256 cm³/mol. The molecule has 0 aromatic rings. The first-order valence-electron chi connectivity index (χ1n) is 24.2. The molecule has 0 rings (SSSR count).